The first-order chi connectivity index (χ1) is 14.5. The second-order valence-electron chi connectivity index (χ2n) is 9.03. The zero-order valence-corrected chi connectivity index (χ0v) is 20.8. The Bertz CT molecular complexity index is 374. The van der Waals surface area contributed by atoms with Gasteiger partial charge in [0.2, 0.25) is 0 Å². The van der Waals surface area contributed by atoms with Crippen molar-refractivity contribution in [1.82, 2.24) is 4.90 Å². The van der Waals surface area contributed by atoms with Gasteiger partial charge in [-0.15, -0.1) is 0 Å². The smallest absolute Gasteiger partial charge is 0.434 e. The SMILES string of the molecule is CCCCCCCCCCCCC(CCCOC(C)C)OC(=O)OCCCN(C)C. The second kappa shape index (κ2) is 21.4. The Morgan fingerprint density at radius 3 is 1.90 bits per heavy atom. The van der Waals surface area contributed by atoms with Crippen molar-refractivity contribution < 1.29 is 19.0 Å². The van der Waals surface area contributed by atoms with Crippen molar-refractivity contribution in [3.05, 3.63) is 0 Å². The Balaban J connectivity index is 3.98. The Hall–Kier alpha value is -0.810. The van der Waals surface area contributed by atoms with Crippen LogP contribution in [0.1, 0.15) is 111 Å². The van der Waals surface area contributed by atoms with Gasteiger partial charge in [-0.1, -0.05) is 64.7 Å². The predicted octanol–water partition coefficient (Wildman–Crippen LogP) is 6.98. The summed E-state index contributed by atoms with van der Waals surface area (Å²) in [6, 6.07) is 0. The monoisotopic (exact) mass is 429 g/mol. The van der Waals surface area contributed by atoms with Gasteiger partial charge in [-0.3, -0.25) is 0 Å². The fourth-order valence-corrected chi connectivity index (χ4v) is 3.46. The van der Waals surface area contributed by atoms with Crippen molar-refractivity contribution >= 4 is 6.16 Å². The molecule has 0 rings (SSSR count). The van der Waals surface area contributed by atoms with Crippen LogP contribution in [0.5, 0.6) is 0 Å². The summed E-state index contributed by atoms with van der Waals surface area (Å²) in [7, 11) is 4.03. The summed E-state index contributed by atoms with van der Waals surface area (Å²) in [5.74, 6) is 0. The fourth-order valence-electron chi connectivity index (χ4n) is 3.46. The summed E-state index contributed by atoms with van der Waals surface area (Å²) < 4.78 is 16.5. The van der Waals surface area contributed by atoms with E-state index in [4.69, 9.17) is 14.2 Å². The van der Waals surface area contributed by atoms with Gasteiger partial charge >= 0.3 is 6.16 Å². The van der Waals surface area contributed by atoms with Crippen LogP contribution in [0.15, 0.2) is 0 Å². The molecule has 1 unspecified atom stereocenters. The molecule has 30 heavy (non-hydrogen) atoms. The number of rotatable bonds is 21. The van der Waals surface area contributed by atoms with E-state index in [-0.39, 0.29) is 12.2 Å². The molecule has 0 aliphatic rings. The summed E-state index contributed by atoms with van der Waals surface area (Å²) in [5, 5.41) is 0. The third kappa shape index (κ3) is 21.9. The van der Waals surface area contributed by atoms with Crippen LogP contribution in [-0.2, 0) is 14.2 Å². The molecule has 0 N–H and O–H groups in total. The lowest BCUT2D eigenvalue weighted by Gasteiger charge is -2.18. The van der Waals surface area contributed by atoms with Crippen LogP contribution in [-0.4, -0.2) is 57.1 Å². The number of hydrogen-bond acceptors (Lipinski definition) is 5. The lowest BCUT2D eigenvalue weighted by Crippen LogP contribution is -2.21. The number of carbonyl (C=O) groups excluding carboxylic acids is 1. The molecule has 0 aromatic carbocycles. The van der Waals surface area contributed by atoms with Gasteiger partial charge in [0, 0.05) is 13.2 Å². The van der Waals surface area contributed by atoms with E-state index in [2.05, 4.69) is 11.8 Å². The van der Waals surface area contributed by atoms with Crippen molar-refractivity contribution in [2.75, 3.05) is 33.9 Å². The van der Waals surface area contributed by atoms with Gasteiger partial charge < -0.3 is 19.1 Å². The van der Waals surface area contributed by atoms with E-state index in [1.54, 1.807) is 0 Å². The quantitative estimate of drug-likeness (QED) is 0.145. The summed E-state index contributed by atoms with van der Waals surface area (Å²) in [4.78, 5) is 14.1. The van der Waals surface area contributed by atoms with Gasteiger partial charge in [0.05, 0.1) is 12.7 Å². The van der Waals surface area contributed by atoms with Gasteiger partial charge in [-0.2, -0.15) is 0 Å². The van der Waals surface area contributed by atoms with Crippen LogP contribution in [0.25, 0.3) is 0 Å². The topological polar surface area (TPSA) is 48.0 Å². The number of unbranched alkanes of at least 4 members (excludes halogenated alkanes) is 9. The van der Waals surface area contributed by atoms with Crippen LogP contribution in [0.4, 0.5) is 4.79 Å². The number of ether oxygens (including phenoxy) is 3. The third-order valence-corrected chi connectivity index (χ3v) is 5.23. The lowest BCUT2D eigenvalue weighted by atomic mass is 10.0. The Kier molecular flexibility index (Phi) is 20.8. The minimum atomic E-state index is -0.518. The average Bonchev–Trinajstić information content (AvgIpc) is 2.69. The molecule has 0 aromatic heterocycles. The average molecular weight is 430 g/mol. The highest BCUT2D eigenvalue weighted by Crippen LogP contribution is 2.16. The molecular weight excluding hydrogens is 378 g/mol. The largest absolute Gasteiger partial charge is 0.508 e. The Morgan fingerprint density at radius 1 is 0.767 bits per heavy atom. The Labute approximate surface area is 187 Å². The predicted molar refractivity (Wildman–Crippen MR) is 126 cm³/mol. The van der Waals surface area contributed by atoms with E-state index in [0.717, 1.165) is 38.6 Å². The number of hydrogen-bond donors (Lipinski definition) is 0. The van der Waals surface area contributed by atoms with E-state index >= 15 is 0 Å². The van der Waals surface area contributed by atoms with Gasteiger partial charge in [0.1, 0.15) is 6.10 Å². The van der Waals surface area contributed by atoms with Gasteiger partial charge in [0.25, 0.3) is 0 Å². The highest BCUT2D eigenvalue weighted by molar-refractivity contribution is 5.60. The van der Waals surface area contributed by atoms with Crippen LogP contribution in [0.3, 0.4) is 0 Å². The maximum absolute atomic E-state index is 12.0. The zero-order valence-electron chi connectivity index (χ0n) is 20.8. The van der Waals surface area contributed by atoms with Crippen LogP contribution in [0, 0.1) is 0 Å². The minimum Gasteiger partial charge on any atom is -0.434 e. The highest BCUT2D eigenvalue weighted by atomic mass is 16.7. The molecule has 0 spiro atoms. The van der Waals surface area contributed by atoms with Crippen molar-refractivity contribution in [2.45, 2.75) is 123 Å². The number of carbonyl (C=O) groups is 1. The molecule has 0 aliphatic carbocycles. The van der Waals surface area contributed by atoms with Crippen LogP contribution < -0.4 is 0 Å². The lowest BCUT2D eigenvalue weighted by molar-refractivity contribution is 0.00918. The first kappa shape index (κ1) is 29.2. The highest BCUT2D eigenvalue weighted by Gasteiger charge is 2.15. The summed E-state index contributed by atoms with van der Waals surface area (Å²) in [5.41, 5.74) is 0. The standard InChI is InChI=1S/C25H51NO4/c1-6-7-8-9-10-11-12-13-14-15-18-24(19-16-21-28-23(2)3)30-25(27)29-22-17-20-26(4)5/h23-24H,6-22H2,1-5H3. The maximum atomic E-state index is 12.0. The molecule has 5 nitrogen and oxygen atoms in total. The molecule has 1 atom stereocenters. The van der Waals surface area contributed by atoms with Crippen LogP contribution >= 0.6 is 0 Å². The molecule has 0 fully saturated rings. The molecule has 0 saturated heterocycles. The second-order valence-corrected chi connectivity index (χ2v) is 9.03. The fraction of sp³-hybridized carbons (Fsp3) is 0.960. The molecule has 0 aliphatic heterocycles. The van der Waals surface area contributed by atoms with Crippen molar-refractivity contribution in [3.8, 4) is 0 Å². The van der Waals surface area contributed by atoms with E-state index in [1.807, 2.05) is 27.9 Å². The van der Waals surface area contributed by atoms with Crippen molar-refractivity contribution in [2.24, 2.45) is 0 Å². The molecule has 0 bridgehead atoms. The first-order valence-electron chi connectivity index (χ1n) is 12.6. The van der Waals surface area contributed by atoms with E-state index in [0.29, 0.717) is 13.2 Å². The van der Waals surface area contributed by atoms with Crippen LogP contribution in [0.2, 0.25) is 0 Å². The van der Waals surface area contributed by atoms with Gasteiger partial charge in [-0.05, 0) is 60.0 Å². The maximum Gasteiger partial charge on any atom is 0.508 e. The van der Waals surface area contributed by atoms with E-state index < -0.39 is 6.16 Å². The zero-order chi connectivity index (χ0) is 22.5. The molecular formula is C25H51NO4. The molecule has 5 heteroatoms. The molecule has 0 saturated carbocycles. The molecule has 0 radical (unpaired) electrons. The molecule has 0 aromatic rings. The minimum absolute atomic E-state index is 0.0591. The summed E-state index contributed by atoms with van der Waals surface area (Å²) in [6.45, 7) is 8.39. The Morgan fingerprint density at radius 2 is 1.33 bits per heavy atom. The molecule has 180 valence electrons. The number of nitrogens with zero attached hydrogens (tertiary/aromatic N) is 1. The summed E-state index contributed by atoms with van der Waals surface area (Å²) in [6.07, 6.45) is 16.3. The van der Waals surface area contributed by atoms with Gasteiger partial charge in [-0.25, -0.2) is 4.79 Å². The third-order valence-electron chi connectivity index (χ3n) is 5.23. The summed E-state index contributed by atoms with van der Waals surface area (Å²) >= 11 is 0. The molecule has 0 heterocycles. The molecule has 0 amide bonds. The normalized spacial score (nSPS) is 12.5. The van der Waals surface area contributed by atoms with Gasteiger partial charge in [0.15, 0.2) is 0 Å². The van der Waals surface area contributed by atoms with Crippen molar-refractivity contribution in [3.63, 3.8) is 0 Å². The van der Waals surface area contributed by atoms with E-state index in [1.165, 1.54) is 57.8 Å². The van der Waals surface area contributed by atoms with E-state index in [9.17, 15) is 4.79 Å². The first-order valence-corrected chi connectivity index (χ1v) is 12.6. The van der Waals surface area contributed by atoms with Crippen molar-refractivity contribution in [1.29, 1.82) is 0 Å².